The summed E-state index contributed by atoms with van der Waals surface area (Å²) < 4.78 is 24.9. The highest BCUT2D eigenvalue weighted by Crippen LogP contribution is 2.35. The number of amides is 1. The molecule has 0 atom stereocenters. The maximum atomic E-state index is 13.4. The van der Waals surface area contributed by atoms with E-state index in [9.17, 15) is 9.18 Å². The number of nitrogens with one attached hydrogen (secondary N) is 2. The Labute approximate surface area is 229 Å². The Balaban J connectivity index is 1.41. The smallest absolute Gasteiger partial charge is 0.229 e. The first-order chi connectivity index (χ1) is 19.0. The summed E-state index contributed by atoms with van der Waals surface area (Å²) in [5.41, 5.74) is 1.07. The highest BCUT2D eigenvalue weighted by atomic mass is 32.1. The molecule has 2 aromatic heterocycles. The molecule has 4 aromatic rings. The maximum absolute atomic E-state index is 13.4. The van der Waals surface area contributed by atoms with Crippen LogP contribution in [-0.2, 0) is 11.2 Å². The van der Waals surface area contributed by atoms with Crippen LogP contribution in [0.15, 0.2) is 48.9 Å². The van der Waals surface area contributed by atoms with Gasteiger partial charge in [-0.2, -0.15) is 0 Å². The molecule has 0 aliphatic rings. The monoisotopic (exact) mass is 554 g/mol. The van der Waals surface area contributed by atoms with Gasteiger partial charge in [0.2, 0.25) is 5.91 Å². The summed E-state index contributed by atoms with van der Waals surface area (Å²) in [6.07, 6.45) is 3.98. The first-order valence-electron chi connectivity index (χ1n) is 12.5. The van der Waals surface area contributed by atoms with Crippen molar-refractivity contribution in [1.82, 2.24) is 19.9 Å². The Hall–Kier alpha value is -3.87. The molecule has 1 amide bonds. The molecule has 2 heterocycles. The minimum Gasteiger partial charge on any atom is -0.493 e. The van der Waals surface area contributed by atoms with Crippen molar-refractivity contribution in [2.24, 2.45) is 0 Å². The second-order valence-electron chi connectivity index (χ2n) is 8.59. The third-order valence-electron chi connectivity index (χ3n) is 5.88. The first kappa shape index (κ1) is 28.1. The molecular formula is C27H31FN6O4S. The van der Waals surface area contributed by atoms with Crippen LogP contribution >= 0.6 is 11.3 Å². The highest BCUT2D eigenvalue weighted by molar-refractivity contribution is 7.15. The zero-order chi connectivity index (χ0) is 27.6. The van der Waals surface area contributed by atoms with E-state index in [0.29, 0.717) is 46.8 Å². The Bertz CT molecular complexity index is 1400. The quantitative estimate of drug-likeness (QED) is 0.197. The number of ether oxygens (including phenoxy) is 2. The molecule has 0 aliphatic heterocycles. The molecule has 3 N–H and O–H groups in total. The van der Waals surface area contributed by atoms with E-state index in [2.05, 4.69) is 37.4 Å². The molecule has 0 spiro atoms. The van der Waals surface area contributed by atoms with Gasteiger partial charge in [-0.1, -0.05) is 13.0 Å². The molecule has 10 nitrogen and oxygen atoms in total. The van der Waals surface area contributed by atoms with E-state index in [0.717, 1.165) is 29.8 Å². The van der Waals surface area contributed by atoms with Gasteiger partial charge in [0.15, 0.2) is 16.6 Å². The van der Waals surface area contributed by atoms with E-state index in [4.69, 9.17) is 14.6 Å². The lowest BCUT2D eigenvalue weighted by atomic mass is 10.2. The number of thiazole rings is 1. The minimum atomic E-state index is -0.415. The number of aliphatic hydroxyl groups excluding tert-OH is 1. The molecule has 12 heteroatoms. The molecular weight excluding hydrogens is 523 g/mol. The number of hydrogen-bond donors (Lipinski definition) is 3. The van der Waals surface area contributed by atoms with Gasteiger partial charge in [0.25, 0.3) is 0 Å². The molecule has 4 rings (SSSR count). The van der Waals surface area contributed by atoms with Crippen LogP contribution in [0.1, 0.15) is 18.2 Å². The van der Waals surface area contributed by atoms with Crippen molar-refractivity contribution < 1.29 is 23.8 Å². The van der Waals surface area contributed by atoms with Crippen LogP contribution in [0.2, 0.25) is 0 Å². The third-order valence-corrected chi connectivity index (χ3v) is 6.80. The molecule has 0 aliphatic carbocycles. The largest absolute Gasteiger partial charge is 0.493 e. The van der Waals surface area contributed by atoms with Gasteiger partial charge in [0, 0.05) is 41.3 Å². The van der Waals surface area contributed by atoms with Crippen LogP contribution in [-0.4, -0.2) is 70.8 Å². The van der Waals surface area contributed by atoms with Gasteiger partial charge in [0.1, 0.15) is 18.0 Å². The molecule has 0 saturated heterocycles. The summed E-state index contributed by atoms with van der Waals surface area (Å²) >= 11 is 1.32. The standard InChI is InChI=1S/C27H31FN6O4S/c1-3-34(9-10-35)8-5-11-38-24-15-22-21(14-23(24)37-2)26(31-17-30-22)33-27-29-16-20(39-27)13-25(36)32-19-7-4-6-18(28)12-19/h4,6-7,12,14-17,35H,3,5,8-11,13H2,1-2H3,(H,32,36)(H,29,30,31,33). The number of benzene rings is 2. The van der Waals surface area contributed by atoms with E-state index in [1.54, 1.807) is 19.4 Å². The molecule has 2 aromatic carbocycles. The lowest BCUT2D eigenvalue weighted by Gasteiger charge is -2.19. The molecule has 0 unspecified atom stereocenters. The van der Waals surface area contributed by atoms with Gasteiger partial charge in [-0.15, -0.1) is 11.3 Å². The number of hydrogen-bond acceptors (Lipinski definition) is 10. The number of halogens is 1. The van der Waals surface area contributed by atoms with E-state index in [1.165, 1.54) is 35.9 Å². The number of anilines is 3. The van der Waals surface area contributed by atoms with E-state index in [-0.39, 0.29) is 18.9 Å². The Morgan fingerprint density at radius 2 is 2.03 bits per heavy atom. The topological polar surface area (TPSA) is 122 Å². The Morgan fingerprint density at radius 3 is 2.79 bits per heavy atom. The first-order valence-corrected chi connectivity index (χ1v) is 13.4. The summed E-state index contributed by atoms with van der Waals surface area (Å²) in [4.78, 5) is 28.4. The average molecular weight is 555 g/mol. The lowest BCUT2D eigenvalue weighted by Crippen LogP contribution is -2.28. The lowest BCUT2D eigenvalue weighted by molar-refractivity contribution is -0.115. The van der Waals surface area contributed by atoms with Crippen LogP contribution in [0.4, 0.5) is 21.0 Å². The van der Waals surface area contributed by atoms with Crippen LogP contribution < -0.4 is 20.1 Å². The summed E-state index contributed by atoms with van der Waals surface area (Å²) in [5, 5.41) is 16.3. The number of carbonyl (C=O) groups excluding carboxylic acids is 1. The second kappa shape index (κ2) is 13.8. The number of rotatable bonds is 14. The fourth-order valence-electron chi connectivity index (χ4n) is 3.95. The number of aliphatic hydroxyl groups is 1. The number of nitrogens with zero attached hydrogens (tertiary/aromatic N) is 4. The average Bonchev–Trinajstić information content (AvgIpc) is 3.36. The molecule has 206 valence electrons. The van der Waals surface area contributed by atoms with Crippen molar-refractivity contribution in [1.29, 1.82) is 0 Å². The van der Waals surface area contributed by atoms with E-state index >= 15 is 0 Å². The summed E-state index contributed by atoms with van der Waals surface area (Å²) in [5.74, 6) is 0.994. The van der Waals surface area contributed by atoms with Crippen molar-refractivity contribution in [3.63, 3.8) is 0 Å². The summed E-state index contributed by atoms with van der Waals surface area (Å²) in [6, 6.07) is 9.39. The zero-order valence-electron chi connectivity index (χ0n) is 21.8. The molecule has 0 bridgehead atoms. The van der Waals surface area contributed by atoms with Gasteiger partial charge in [0.05, 0.1) is 32.3 Å². The molecule has 0 saturated carbocycles. The Morgan fingerprint density at radius 1 is 1.15 bits per heavy atom. The fraction of sp³-hybridized carbons (Fsp3) is 0.333. The van der Waals surface area contributed by atoms with Crippen LogP contribution in [0, 0.1) is 5.82 Å². The number of methoxy groups -OCH3 is 1. The van der Waals surface area contributed by atoms with Gasteiger partial charge < -0.3 is 30.1 Å². The molecule has 0 radical (unpaired) electrons. The predicted molar refractivity (Wildman–Crippen MR) is 150 cm³/mol. The van der Waals surface area contributed by atoms with Crippen molar-refractivity contribution in [2.45, 2.75) is 19.8 Å². The molecule has 0 fully saturated rings. The second-order valence-corrected chi connectivity index (χ2v) is 9.71. The number of aromatic nitrogens is 3. The summed E-state index contributed by atoms with van der Waals surface area (Å²) in [6.45, 7) is 5.03. The van der Waals surface area contributed by atoms with Crippen LogP contribution in [0.25, 0.3) is 10.9 Å². The van der Waals surface area contributed by atoms with Crippen LogP contribution in [0.3, 0.4) is 0 Å². The van der Waals surface area contributed by atoms with Gasteiger partial charge >= 0.3 is 0 Å². The Kier molecular flexibility index (Phi) is 9.95. The number of likely N-dealkylation sites (N-methyl/N-ethyl adjacent to an activating group) is 1. The maximum Gasteiger partial charge on any atom is 0.229 e. The van der Waals surface area contributed by atoms with Crippen molar-refractivity contribution in [3.05, 3.63) is 59.6 Å². The predicted octanol–water partition coefficient (Wildman–Crippen LogP) is 4.24. The van der Waals surface area contributed by atoms with E-state index in [1.807, 2.05) is 12.1 Å². The van der Waals surface area contributed by atoms with Gasteiger partial charge in [-0.3, -0.25) is 4.79 Å². The van der Waals surface area contributed by atoms with E-state index < -0.39 is 5.82 Å². The molecule has 39 heavy (non-hydrogen) atoms. The third kappa shape index (κ3) is 7.82. The van der Waals surface area contributed by atoms with Crippen LogP contribution in [0.5, 0.6) is 11.5 Å². The number of carbonyl (C=O) groups is 1. The van der Waals surface area contributed by atoms with Gasteiger partial charge in [-0.25, -0.2) is 19.3 Å². The van der Waals surface area contributed by atoms with Gasteiger partial charge in [-0.05, 0) is 37.2 Å². The van der Waals surface area contributed by atoms with Crippen molar-refractivity contribution >= 4 is 44.8 Å². The minimum absolute atomic E-state index is 0.102. The van der Waals surface area contributed by atoms with Crippen molar-refractivity contribution in [3.8, 4) is 11.5 Å². The zero-order valence-corrected chi connectivity index (χ0v) is 22.6. The SMILES string of the molecule is CCN(CCO)CCCOc1cc2ncnc(Nc3ncc(CC(=O)Nc4cccc(F)c4)s3)c2cc1OC. The summed E-state index contributed by atoms with van der Waals surface area (Å²) in [7, 11) is 1.58. The van der Waals surface area contributed by atoms with Crippen molar-refractivity contribution in [2.75, 3.05) is 50.6 Å². The normalized spacial score (nSPS) is 11.1. The fourth-order valence-corrected chi connectivity index (χ4v) is 4.76. The highest BCUT2D eigenvalue weighted by Gasteiger charge is 2.14. The number of fused-ring (bicyclic) bond motifs is 1.